The molecule has 1 rings (SSSR count). The van der Waals surface area contributed by atoms with Crippen molar-refractivity contribution in [1.82, 2.24) is 10.2 Å². The number of nitrogens with one attached hydrogen (secondary N) is 1. The zero-order chi connectivity index (χ0) is 13.7. The van der Waals surface area contributed by atoms with Crippen LogP contribution < -0.4 is 5.32 Å². The van der Waals surface area contributed by atoms with Crippen LogP contribution in [-0.2, 0) is 4.79 Å². The van der Waals surface area contributed by atoms with Gasteiger partial charge in [-0.1, -0.05) is 19.8 Å². The van der Waals surface area contributed by atoms with Crippen molar-refractivity contribution in [3.8, 4) is 0 Å². The zero-order valence-electron chi connectivity index (χ0n) is 10.9. The number of rotatable bonds is 4. The fourth-order valence-corrected chi connectivity index (χ4v) is 2.42. The number of aliphatic hydroxyl groups excluding tert-OH is 1. The normalized spacial score (nSPS) is 25.3. The summed E-state index contributed by atoms with van der Waals surface area (Å²) in [5.74, 6) is -0.872. The number of carboxylic acids is 1. The summed E-state index contributed by atoms with van der Waals surface area (Å²) in [4.78, 5) is 23.9. The van der Waals surface area contributed by atoms with Gasteiger partial charge in [0.15, 0.2) is 6.10 Å². The van der Waals surface area contributed by atoms with Gasteiger partial charge in [0.25, 0.3) is 0 Å². The molecule has 2 unspecified atom stereocenters. The molecule has 0 aromatic carbocycles. The third kappa shape index (κ3) is 3.87. The lowest BCUT2D eigenvalue weighted by Crippen LogP contribution is -2.49. The molecular weight excluding hydrogens is 236 g/mol. The third-order valence-electron chi connectivity index (χ3n) is 3.62. The third-order valence-corrected chi connectivity index (χ3v) is 3.62. The lowest BCUT2D eigenvalue weighted by atomic mass is 9.85. The van der Waals surface area contributed by atoms with Crippen molar-refractivity contribution in [1.29, 1.82) is 0 Å². The van der Waals surface area contributed by atoms with Gasteiger partial charge in [-0.3, -0.25) is 0 Å². The van der Waals surface area contributed by atoms with Crippen LogP contribution in [0.3, 0.4) is 0 Å². The van der Waals surface area contributed by atoms with Gasteiger partial charge in [-0.05, 0) is 18.8 Å². The topological polar surface area (TPSA) is 89.9 Å². The average Bonchev–Trinajstić information content (AvgIpc) is 2.35. The van der Waals surface area contributed by atoms with Crippen molar-refractivity contribution in [3.63, 3.8) is 0 Å². The maximum Gasteiger partial charge on any atom is 0.334 e. The first-order valence-electron chi connectivity index (χ1n) is 6.35. The molecule has 1 aliphatic carbocycles. The summed E-state index contributed by atoms with van der Waals surface area (Å²) in [5.41, 5.74) is 0. The Morgan fingerprint density at radius 1 is 1.39 bits per heavy atom. The van der Waals surface area contributed by atoms with Crippen LogP contribution in [-0.4, -0.2) is 52.9 Å². The van der Waals surface area contributed by atoms with Gasteiger partial charge in [0.1, 0.15) is 0 Å². The number of hydrogen-bond acceptors (Lipinski definition) is 3. The van der Waals surface area contributed by atoms with Gasteiger partial charge in [-0.25, -0.2) is 9.59 Å². The van der Waals surface area contributed by atoms with E-state index in [0.29, 0.717) is 5.92 Å². The molecule has 6 heteroatoms. The number of carbonyl (C=O) groups is 2. The lowest BCUT2D eigenvalue weighted by molar-refractivity contribution is -0.146. The Kier molecular flexibility index (Phi) is 5.40. The Morgan fingerprint density at radius 2 is 2.00 bits per heavy atom. The summed E-state index contributed by atoms with van der Waals surface area (Å²) < 4.78 is 0. The van der Waals surface area contributed by atoms with Crippen LogP contribution in [0.2, 0.25) is 0 Å². The molecule has 1 fully saturated rings. The largest absolute Gasteiger partial charge is 0.479 e. The molecule has 0 heterocycles. The van der Waals surface area contributed by atoms with E-state index in [1.54, 1.807) is 11.9 Å². The Hall–Kier alpha value is -1.30. The standard InChI is InChI=1S/C12H22N2O4/c1-8-5-3-4-6-9(8)14(2)12(18)13-7-10(15)11(16)17/h8-10,15H,3-7H2,1-2H3,(H,13,18)(H,16,17)/t8?,9?,10-/m0/s1. The lowest BCUT2D eigenvalue weighted by Gasteiger charge is -2.36. The highest BCUT2D eigenvalue weighted by atomic mass is 16.4. The smallest absolute Gasteiger partial charge is 0.334 e. The minimum absolute atomic E-state index is 0.195. The summed E-state index contributed by atoms with van der Waals surface area (Å²) in [6.45, 7) is 1.86. The van der Waals surface area contributed by atoms with Crippen LogP contribution in [0.15, 0.2) is 0 Å². The highest BCUT2D eigenvalue weighted by molar-refractivity contribution is 5.76. The zero-order valence-corrected chi connectivity index (χ0v) is 10.9. The van der Waals surface area contributed by atoms with Crippen molar-refractivity contribution in [2.24, 2.45) is 5.92 Å². The number of carbonyl (C=O) groups excluding carboxylic acids is 1. The van der Waals surface area contributed by atoms with E-state index < -0.39 is 12.1 Å². The van der Waals surface area contributed by atoms with E-state index in [-0.39, 0.29) is 18.6 Å². The highest BCUT2D eigenvalue weighted by Gasteiger charge is 2.28. The summed E-state index contributed by atoms with van der Waals surface area (Å²) in [6, 6.07) is -0.130. The number of aliphatic hydroxyl groups is 1. The van der Waals surface area contributed by atoms with Gasteiger partial charge in [0.2, 0.25) is 0 Å². The Morgan fingerprint density at radius 3 is 2.56 bits per heavy atom. The molecule has 0 aromatic heterocycles. The van der Waals surface area contributed by atoms with E-state index in [1.165, 1.54) is 6.42 Å². The molecule has 0 aliphatic heterocycles. The number of aliphatic carboxylic acids is 1. The van der Waals surface area contributed by atoms with E-state index in [4.69, 9.17) is 10.2 Å². The number of urea groups is 1. The van der Waals surface area contributed by atoms with Gasteiger partial charge in [-0.15, -0.1) is 0 Å². The van der Waals surface area contributed by atoms with E-state index in [0.717, 1.165) is 19.3 Å². The van der Waals surface area contributed by atoms with Crippen molar-refractivity contribution < 1.29 is 19.8 Å². The monoisotopic (exact) mass is 258 g/mol. The number of hydrogen-bond donors (Lipinski definition) is 3. The van der Waals surface area contributed by atoms with E-state index in [9.17, 15) is 9.59 Å². The molecule has 0 saturated heterocycles. The molecule has 0 radical (unpaired) electrons. The minimum Gasteiger partial charge on any atom is -0.479 e. The number of nitrogens with zero attached hydrogens (tertiary/aromatic N) is 1. The first kappa shape index (κ1) is 14.8. The molecule has 3 N–H and O–H groups in total. The summed E-state index contributed by atoms with van der Waals surface area (Å²) in [5, 5.41) is 20.0. The van der Waals surface area contributed by atoms with Gasteiger partial charge >= 0.3 is 12.0 Å². The molecule has 18 heavy (non-hydrogen) atoms. The summed E-state index contributed by atoms with van der Waals surface area (Å²) in [6.07, 6.45) is 2.85. The second-order valence-electron chi connectivity index (χ2n) is 4.98. The van der Waals surface area contributed by atoms with Crippen LogP contribution in [0.1, 0.15) is 32.6 Å². The SMILES string of the molecule is CC1CCCCC1N(C)C(=O)NC[C@H](O)C(=O)O. The molecule has 0 spiro atoms. The van der Waals surface area contributed by atoms with Crippen molar-refractivity contribution >= 4 is 12.0 Å². The Labute approximate surface area is 107 Å². The van der Waals surface area contributed by atoms with Gasteiger partial charge in [0.05, 0.1) is 6.54 Å². The van der Waals surface area contributed by atoms with Crippen LogP contribution in [0, 0.1) is 5.92 Å². The fourth-order valence-electron chi connectivity index (χ4n) is 2.42. The maximum absolute atomic E-state index is 11.8. The van der Waals surface area contributed by atoms with Gasteiger partial charge < -0.3 is 20.4 Å². The van der Waals surface area contributed by atoms with Gasteiger partial charge in [0, 0.05) is 13.1 Å². The summed E-state index contributed by atoms with van der Waals surface area (Å²) in [7, 11) is 1.72. The van der Waals surface area contributed by atoms with Crippen molar-refractivity contribution in [3.05, 3.63) is 0 Å². The molecule has 3 atom stereocenters. The molecular formula is C12H22N2O4. The number of carboxylic acid groups (broad SMARTS) is 1. The first-order chi connectivity index (χ1) is 8.43. The van der Waals surface area contributed by atoms with E-state index >= 15 is 0 Å². The Balaban J connectivity index is 2.43. The maximum atomic E-state index is 11.8. The molecule has 1 aliphatic rings. The van der Waals surface area contributed by atoms with Crippen LogP contribution in [0.5, 0.6) is 0 Å². The number of amides is 2. The second kappa shape index (κ2) is 6.58. The quantitative estimate of drug-likeness (QED) is 0.690. The fraction of sp³-hybridized carbons (Fsp3) is 0.833. The summed E-state index contributed by atoms with van der Waals surface area (Å²) >= 11 is 0. The van der Waals surface area contributed by atoms with Crippen LogP contribution in [0.4, 0.5) is 4.79 Å². The predicted molar refractivity (Wildman–Crippen MR) is 66.2 cm³/mol. The molecule has 104 valence electrons. The van der Waals surface area contributed by atoms with Crippen molar-refractivity contribution in [2.45, 2.75) is 44.8 Å². The predicted octanol–water partition coefficient (Wildman–Crippen LogP) is 0.652. The molecule has 2 amide bonds. The molecule has 1 saturated carbocycles. The molecule has 6 nitrogen and oxygen atoms in total. The van der Waals surface area contributed by atoms with E-state index in [2.05, 4.69) is 12.2 Å². The minimum atomic E-state index is -1.55. The first-order valence-corrected chi connectivity index (χ1v) is 6.35. The van der Waals surface area contributed by atoms with Gasteiger partial charge in [-0.2, -0.15) is 0 Å². The average molecular weight is 258 g/mol. The van der Waals surface area contributed by atoms with Crippen molar-refractivity contribution in [2.75, 3.05) is 13.6 Å². The highest BCUT2D eigenvalue weighted by Crippen LogP contribution is 2.27. The van der Waals surface area contributed by atoms with Crippen LogP contribution in [0.25, 0.3) is 0 Å². The Bertz CT molecular complexity index is 308. The van der Waals surface area contributed by atoms with E-state index in [1.807, 2.05) is 0 Å². The molecule has 0 bridgehead atoms. The molecule has 0 aromatic rings. The van der Waals surface area contributed by atoms with Crippen LogP contribution >= 0.6 is 0 Å². The second-order valence-corrected chi connectivity index (χ2v) is 4.98.